The number of ether oxygens (including phenoxy) is 1. The molecular weight excluding hydrogens is 359 g/mol. The van der Waals surface area contributed by atoms with Gasteiger partial charge in [-0.1, -0.05) is 6.07 Å². The third-order valence-corrected chi connectivity index (χ3v) is 4.33. The van der Waals surface area contributed by atoms with Crippen LogP contribution in [0.4, 0.5) is 24.8 Å². The van der Waals surface area contributed by atoms with E-state index in [2.05, 4.69) is 20.7 Å². The van der Waals surface area contributed by atoms with Crippen molar-refractivity contribution in [1.82, 2.24) is 19.9 Å². The van der Waals surface area contributed by atoms with Gasteiger partial charge in [-0.25, -0.2) is 0 Å². The highest BCUT2D eigenvalue weighted by Crippen LogP contribution is 2.30. The van der Waals surface area contributed by atoms with Crippen molar-refractivity contribution < 1.29 is 17.9 Å². The van der Waals surface area contributed by atoms with Crippen LogP contribution in [0.3, 0.4) is 0 Å². The molecule has 0 unspecified atom stereocenters. The fraction of sp³-hybridized carbons (Fsp3) is 0.333. The van der Waals surface area contributed by atoms with Crippen molar-refractivity contribution in [2.75, 3.05) is 18.4 Å². The van der Waals surface area contributed by atoms with E-state index in [-0.39, 0.29) is 12.1 Å². The van der Waals surface area contributed by atoms with E-state index in [0.717, 1.165) is 38.1 Å². The first-order valence-corrected chi connectivity index (χ1v) is 8.66. The molecule has 1 atom stereocenters. The summed E-state index contributed by atoms with van der Waals surface area (Å²) in [5.74, 6) is 0.863. The molecule has 142 valence electrons. The van der Waals surface area contributed by atoms with Gasteiger partial charge in [0.05, 0.1) is 5.56 Å². The van der Waals surface area contributed by atoms with Crippen LogP contribution in [0.15, 0.2) is 42.5 Å². The topological polar surface area (TPSA) is 63.5 Å². The highest BCUT2D eigenvalue weighted by atomic mass is 19.4. The van der Waals surface area contributed by atoms with Crippen LogP contribution < -0.4 is 15.4 Å². The van der Waals surface area contributed by atoms with Gasteiger partial charge in [0, 0.05) is 18.3 Å². The number of aromatic nitrogens is 3. The minimum atomic E-state index is -4.36. The summed E-state index contributed by atoms with van der Waals surface area (Å²) < 4.78 is 45.6. The van der Waals surface area contributed by atoms with Gasteiger partial charge in [0.15, 0.2) is 5.65 Å². The Balaban J connectivity index is 1.53. The zero-order chi connectivity index (χ0) is 18.9. The van der Waals surface area contributed by atoms with Gasteiger partial charge in [-0.15, -0.1) is 5.10 Å². The van der Waals surface area contributed by atoms with Crippen molar-refractivity contribution >= 4 is 17.3 Å². The quantitative estimate of drug-likeness (QED) is 0.727. The zero-order valence-electron chi connectivity index (χ0n) is 14.3. The van der Waals surface area contributed by atoms with E-state index in [0.29, 0.717) is 17.2 Å². The SMILES string of the molecule is FC(F)(F)c1ccc(Nc2nc3cccc(O[C@@H]4CCCNC4)n3n2)cc1. The van der Waals surface area contributed by atoms with Gasteiger partial charge in [0.1, 0.15) is 6.10 Å². The Morgan fingerprint density at radius 3 is 2.67 bits per heavy atom. The number of nitrogens with one attached hydrogen (secondary N) is 2. The number of hydrogen-bond acceptors (Lipinski definition) is 5. The maximum atomic E-state index is 12.7. The molecule has 2 N–H and O–H groups in total. The highest BCUT2D eigenvalue weighted by Gasteiger charge is 2.30. The molecule has 0 spiro atoms. The molecule has 6 nitrogen and oxygen atoms in total. The third kappa shape index (κ3) is 3.97. The lowest BCUT2D eigenvalue weighted by Crippen LogP contribution is -2.37. The first-order valence-electron chi connectivity index (χ1n) is 8.66. The van der Waals surface area contributed by atoms with Crippen molar-refractivity contribution in [2.45, 2.75) is 25.1 Å². The van der Waals surface area contributed by atoms with E-state index >= 15 is 0 Å². The average Bonchev–Trinajstić information content (AvgIpc) is 3.06. The van der Waals surface area contributed by atoms with Crippen LogP contribution in [0.1, 0.15) is 18.4 Å². The van der Waals surface area contributed by atoms with Gasteiger partial charge in [-0.3, -0.25) is 0 Å². The number of hydrogen-bond donors (Lipinski definition) is 2. The van der Waals surface area contributed by atoms with Gasteiger partial charge < -0.3 is 15.4 Å². The van der Waals surface area contributed by atoms with Gasteiger partial charge >= 0.3 is 6.18 Å². The maximum absolute atomic E-state index is 12.7. The van der Waals surface area contributed by atoms with Crippen molar-refractivity contribution in [3.05, 3.63) is 48.0 Å². The predicted octanol–water partition coefficient (Wildman–Crippen LogP) is 3.62. The lowest BCUT2D eigenvalue weighted by atomic mass is 10.1. The number of pyridine rings is 1. The molecule has 0 saturated carbocycles. The van der Waals surface area contributed by atoms with E-state index in [9.17, 15) is 13.2 Å². The van der Waals surface area contributed by atoms with E-state index in [1.807, 2.05) is 12.1 Å². The van der Waals surface area contributed by atoms with Gasteiger partial charge in [-0.05, 0) is 49.7 Å². The molecule has 2 aromatic heterocycles. The number of alkyl halides is 3. The summed E-state index contributed by atoms with van der Waals surface area (Å²) >= 11 is 0. The summed E-state index contributed by atoms with van der Waals surface area (Å²) in [5.41, 5.74) is 0.358. The summed E-state index contributed by atoms with van der Waals surface area (Å²) in [4.78, 5) is 4.36. The number of halogens is 3. The van der Waals surface area contributed by atoms with Gasteiger partial charge in [-0.2, -0.15) is 22.7 Å². The average molecular weight is 377 g/mol. The second kappa shape index (κ2) is 7.07. The minimum Gasteiger partial charge on any atom is -0.473 e. The summed E-state index contributed by atoms with van der Waals surface area (Å²) in [6.45, 7) is 1.77. The molecule has 27 heavy (non-hydrogen) atoms. The minimum absolute atomic E-state index is 0.0693. The molecule has 9 heteroatoms. The molecule has 0 amide bonds. The monoisotopic (exact) mass is 377 g/mol. The Bertz CT molecular complexity index is 917. The first-order chi connectivity index (χ1) is 13.0. The summed E-state index contributed by atoms with van der Waals surface area (Å²) in [5, 5.41) is 10.6. The van der Waals surface area contributed by atoms with Gasteiger partial charge in [0.2, 0.25) is 11.8 Å². The molecule has 3 heterocycles. The van der Waals surface area contributed by atoms with Crippen LogP contribution >= 0.6 is 0 Å². The largest absolute Gasteiger partial charge is 0.473 e. The number of benzene rings is 1. The molecular formula is C18H18F3N5O. The lowest BCUT2D eigenvalue weighted by Gasteiger charge is -2.23. The first kappa shape index (κ1) is 17.6. The smallest absolute Gasteiger partial charge is 0.416 e. The predicted molar refractivity (Wildman–Crippen MR) is 94.2 cm³/mol. The molecule has 0 radical (unpaired) electrons. The van der Waals surface area contributed by atoms with E-state index < -0.39 is 11.7 Å². The molecule has 1 aliphatic heterocycles. The molecule has 1 fully saturated rings. The normalized spacial score (nSPS) is 17.8. The summed E-state index contributed by atoms with van der Waals surface area (Å²) in [7, 11) is 0. The molecule has 3 aromatic rings. The van der Waals surface area contributed by atoms with E-state index in [1.54, 1.807) is 10.6 Å². The Morgan fingerprint density at radius 1 is 1.15 bits per heavy atom. The molecule has 4 rings (SSSR count). The second-order valence-corrected chi connectivity index (χ2v) is 6.36. The Labute approximate surface area is 153 Å². The maximum Gasteiger partial charge on any atom is 0.416 e. The Hall–Kier alpha value is -2.81. The second-order valence-electron chi connectivity index (χ2n) is 6.36. The van der Waals surface area contributed by atoms with Crippen LogP contribution in [0, 0.1) is 0 Å². The summed E-state index contributed by atoms with van der Waals surface area (Å²) in [6.07, 6.45) is -2.27. The fourth-order valence-electron chi connectivity index (χ4n) is 2.99. The van der Waals surface area contributed by atoms with Crippen LogP contribution in [-0.4, -0.2) is 33.8 Å². The van der Waals surface area contributed by atoms with Crippen LogP contribution in [0.5, 0.6) is 5.88 Å². The zero-order valence-corrected chi connectivity index (χ0v) is 14.3. The lowest BCUT2D eigenvalue weighted by molar-refractivity contribution is -0.137. The van der Waals surface area contributed by atoms with Crippen LogP contribution in [0.2, 0.25) is 0 Å². The Morgan fingerprint density at radius 2 is 1.96 bits per heavy atom. The number of rotatable bonds is 4. The van der Waals surface area contributed by atoms with E-state index in [1.165, 1.54) is 12.1 Å². The number of piperidine rings is 1. The molecule has 1 aliphatic rings. The van der Waals surface area contributed by atoms with Crippen molar-refractivity contribution in [2.24, 2.45) is 0 Å². The van der Waals surface area contributed by atoms with Crippen molar-refractivity contribution in [1.29, 1.82) is 0 Å². The van der Waals surface area contributed by atoms with Crippen LogP contribution in [0.25, 0.3) is 5.65 Å². The molecule has 0 aliphatic carbocycles. The third-order valence-electron chi connectivity index (χ3n) is 4.33. The van der Waals surface area contributed by atoms with E-state index in [4.69, 9.17) is 4.74 Å². The summed E-state index contributed by atoms with van der Waals surface area (Å²) in [6, 6.07) is 10.2. The van der Waals surface area contributed by atoms with Crippen molar-refractivity contribution in [3.8, 4) is 5.88 Å². The molecule has 1 aromatic carbocycles. The molecule has 0 bridgehead atoms. The number of nitrogens with zero attached hydrogens (tertiary/aromatic N) is 3. The van der Waals surface area contributed by atoms with Crippen molar-refractivity contribution in [3.63, 3.8) is 0 Å². The molecule has 1 saturated heterocycles. The fourth-order valence-corrected chi connectivity index (χ4v) is 2.99. The number of anilines is 2. The van der Waals surface area contributed by atoms with Gasteiger partial charge in [0.25, 0.3) is 0 Å². The Kier molecular flexibility index (Phi) is 4.61. The highest BCUT2D eigenvalue weighted by molar-refractivity contribution is 5.56. The number of fused-ring (bicyclic) bond motifs is 1. The van der Waals surface area contributed by atoms with Crippen LogP contribution in [-0.2, 0) is 6.18 Å². The standard InChI is InChI=1S/C18H18F3N5O/c19-18(20,21)12-6-8-13(9-7-12)23-17-24-15-4-1-5-16(26(15)25-17)27-14-3-2-10-22-11-14/h1,4-9,14,22H,2-3,10-11H2,(H,23,25)/t14-/m1/s1.